The average molecular weight is 651 g/mol. The van der Waals surface area contributed by atoms with Crippen LogP contribution in [0.5, 0.6) is 0 Å². The molecule has 2 fully saturated rings. The van der Waals surface area contributed by atoms with E-state index in [0.717, 1.165) is 37.4 Å². The molecule has 0 aromatic heterocycles. The minimum Gasteiger partial charge on any atom is -0.480 e. The molecule has 41 heavy (non-hydrogen) atoms. The van der Waals surface area contributed by atoms with E-state index < -0.39 is 24.0 Å². The highest BCUT2D eigenvalue weighted by molar-refractivity contribution is 8.77. The summed E-state index contributed by atoms with van der Waals surface area (Å²) >= 11 is 0. The molecule has 0 spiro atoms. The van der Waals surface area contributed by atoms with Gasteiger partial charge in [0.15, 0.2) is 0 Å². The first-order valence-corrected chi connectivity index (χ1v) is 20.0. The molecule has 2 amide bonds. The number of hydrogen-bond acceptors (Lipinski definition) is 8. The van der Waals surface area contributed by atoms with Crippen LogP contribution in [0.15, 0.2) is 0 Å². The fourth-order valence-electron chi connectivity index (χ4n) is 5.22. The summed E-state index contributed by atoms with van der Waals surface area (Å²) in [6.45, 7) is 9.41. The summed E-state index contributed by atoms with van der Waals surface area (Å²) in [7, 11) is 7.06. The molecule has 236 valence electrons. The zero-order chi connectivity index (χ0) is 30.4. The van der Waals surface area contributed by atoms with Crippen LogP contribution in [-0.2, 0) is 19.2 Å². The molecular formula is C29H50N2O6S4. The molecule has 12 heteroatoms. The molecule has 0 bridgehead atoms. The third kappa shape index (κ3) is 12.4. The second-order valence-electron chi connectivity index (χ2n) is 11.6. The standard InChI is InChI=1S/C29H50N2O6S4/c1-5-20(2)10-6-7-11-23(41-40-19-22(4)27(33)31-16-9-13-25(31)29(36)37)14-17-38-39-18-21(3)26(32)30-15-8-12-24(30)28(34)35/h20-25H,5-19H2,1-4H3,(H,34,35)(H,36,37). The minimum atomic E-state index is -0.907. The van der Waals surface area contributed by atoms with Crippen LogP contribution >= 0.6 is 43.2 Å². The summed E-state index contributed by atoms with van der Waals surface area (Å²) < 4.78 is 0. The first-order valence-electron chi connectivity index (χ1n) is 15.2. The summed E-state index contributed by atoms with van der Waals surface area (Å²) in [5, 5.41) is 19.3. The summed E-state index contributed by atoms with van der Waals surface area (Å²) in [5.41, 5.74) is 0. The largest absolute Gasteiger partial charge is 0.480 e. The Balaban J connectivity index is 1.76. The molecule has 2 saturated heterocycles. The van der Waals surface area contributed by atoms with Crippen LogP contribution in [0, 0.1) is 17.8 Å². The van der Waals surface area contributed by atoms with E-state index in [1.165, 1.54) is 25.7 Å². The van der Waals surface area contributed by atoms with Gasteiger partial charge in [0.2, 0.25) is 11.8 Å². The highest BCUT2D eigenvalue weighted by atomic mass is 33.1. The van der Waals surface area contributed by atoms with Gasteiger partial charge < -0.3 is 20.0 Å². The Labute approximate surface area is 262 Å². The zero-order valence-corrected chi connectivity index (χ0v) is 28.4. The second-order valence-corrected chi connectivity index (χ2v) is 16.9. The fourth-order valence-corrected chi connectivity index (χ4v) is 11.0. The number of rotatable bonds is 20. The van der Waals surface area contributed by atoms with E-state index in [0.29, 0.717) is 42.7 Å². The Morgan fingerprint density at radius 1 is 0.756 bits per heavy atom. The number of carboxylic acids is 2. The van der Waals surface area contributed by atoms with Crippen molar-refractivity contribution in [2.75, 3.05) is 30.3 Å². The minimum absolute atomic E-state index is 0.0488. The highest BCUT2D eigenvalue weighted by Crippen LogP contribution is 2.37. The molecule has 6 unspecified atom stereocenters. The average Bonchev–Trinajstić information content (AvgIpc) is 3.64. The fraction of sp³-hybridized carbons (Fsp3) is 0.862. The Kier molecular flexibility index (Phi) is 17.4. The molecule has 2 N–H and O–H groups in total. The summed E-state index contributed by atoms with van der Waals surface area (Å²) in [5.74, 6) is 0.736. The van der Waals surface area contributed by atoms with E-state index in [4.69, 9.17) is 0 Å². The van der Waals surface area contributed by atoms with Crippen molar-refractivity contribution in [1.82, 2.24) is 9.80 Å². The van der Waals surface area contributed by atoms with Gasteiger partial charge >= 0.3 is 11.9 Å². The molecule has 0 aromatic rings. The van der Waals surface area contributed by atoms with Gasteiger partial charge in [0, 0.05) is 47.4 Å². The molecule has 0 radical (unpaired) electrons. The third-order valence-corrected chi connectivity index (χ3v) is 13.9. The summed E-state index contributed by atoms with van der Waals surface area (Å²) in [6.07, 6.45) is 9.64. The molecule has 8 nitrogen and oxygen atoms in total. The second kappa shape index (κ2) is 19.5. The lowest BCUT2D eigenvalue weighted by Gasteiger charge is -2.25. The van der Waals surface area contributed by atoms with Crippen LogP contribution in [0.1, 0.15) is 91.9 Å². The SMILES string of the molecule is CCC(C)CCCCC(CCSSCC(C)C(=O)N1CCCC1C(=O)O)SSCC(C)C(=O)N1CCCC1C(=O)O. The molecule has 2 rings (SSSR count). The Morgan fingerprint density at radius 2 is 1.27 bits per heavy atom. The van der Waals surface area contributed by atoms with Gasteiger partial charge in [-0.3, -0.25) is 9.59 Å². The van der Waals surface area contributed by atoms with E-state index in [9.17, 15) is 29.4 Å². The predicted molar refractivity (Wildman–Crippen MR) is 174 cm³/mol. The van der Waals surface area contributed by atoms with E-state index in [1.54, 1.807) is 42.2 Å². The number of carboxylic acid groups (broad SMARTS) is 2. The molecule has 0 saturated carbocycles. The van der Waals surface area contributed by atoms with Crippen molar-refractivity contribution < 1.29 is 29.4 Å². The van der Waals surface area contributed by atoms with Crippen molar-refractivity contribution in [3.63, 3.8) is 0 Å². The number of amides is 2. The highest BCUT2D eigenvalue weighted by Gasteiger charge is 2.36. The van der Waals surface area contributed by atoms with Crippen molar-refractivity contribution in [1.29, 1.82) is 0 Å². The molecule has 0 aromatic carbocycles. The molecule has 2 aliphatic heterocycles. The number of carbonyl (C=O) groups excluding carboxylic acids is 2. The number of aliphatic carboxylic acids is 2. The van der Waals surface area contributed by atoms with E-state index in [-0.39, 0.29) is 23.7 Å². The van der Waals surface area contributed by atoms with Gasteiger partial charge in [-0.2, -0.15) is 0 Å². The summed E-state index contributed by atoms with van der Waals surface area (Å²) in [4.78, 5) is 51.7. The van der Waals surface area contributed by atoms with Crippen molar-refractivity contribution in [3.8, 4) is 0 Å². The molecule has 2 heterocycles. The van der Waals surface area contributed by atoms with Crippen molar-refractivity contribution in [2.24, 2.45) is 17.8 Å². The first kappa shape index (κ1) is 36.5. The maximum atomic E-state index is 12.9. The predicted octanol–water partition coefficient (Wildman–Crippen LogP) is 6.54. The van der Waals surface area contributed by atoms with Crippen molar-refractivity contribution in [3.05, 3.63) is 0 Å². The molecular weight excluding hydrogens is 601 g/mol. The molecule has 2 aliphatic rings. The number of unbranched alkanes of at least 4 members (excludes halogenated alkanes) is 1. The van der Waals surface area contributed by atoms with Crippen molar-refractivity contribution >= 4 is 66.9 Å². The van der Waals surface area contributed by atoms with Gasteiger partial charge in [-0.1, -0.05) is 96.6 Å². The quantitative estimate of drug-likeness (QED) is 0.111. The number of nitrogens with zero attached hydrogens (tertiary/aromatic N) is 2. The van der Waals surface area contributed by atoms with Gasteiger partial charge in [-0.25, -0.2) is 9.59 Å². The van der Waals surface area contributed by atoms with Crippen LogP contribution in [0.4, 0.5) is 0 Å². The Morgan fingerprint density at radius 3 is 1.78 bits per heavy atom. The van der Waals surface area contributed by atoms with Crippen LogP contribution in [-0.4, -0.2) is 91.4 Å². The van der Waals surface area contributed by atoms with E-state index in [2.05, 4.69) is 13.8 Å². The topological polar surface area (TPSA) is 115 Å². The van der Waals surface area contributed by atoms with Gasteiger partial charge in [0.1, 0.15) is 12.1 Å². The maximum absolute atomic E-state index is 12.9. The van der Waals surface area contributed by atoms with Crippen LogP contribution < -0.4 is 0 Å². The van der Waals surface area contributed by atoms with Crippen LogP contribution in [0.3, 0.4) is 0 Å². The summed E-state index contributed by atoms with van der Waals surface area (Å²) in [6, 6.07) is -1.35. The van der Waals surface area contributed by atoms with Gasteiger partial charge in [-0.05, 0) is 44.4 Å². The van der Waals surface area contributed by atoms with E-state index >= 15 is 0 Å². The number of carbonyl (C=O) groups is 4. The Bertz CT molecular complexity index is 850. The first-order chi connectivity index (χ1) is 19.6. The van der Waals surface area contributed by atoms with Crippen LogP contribution in [0.2, 0.25) is 0 Å². The monoisotopic (exact) mass is 650 g/mol. The lowest BCUT2D eigenvalue weighted by atomic mass is 10.00. The third-order valence-electron chi connectivity index (χ3n) is 8.10. The Hall–Kier alpha value is -0.720. The van der Waals surface area contributed by atoms with Gasteiger partial charge in [-0.15, -0.1) is 0 Å². The van der Waals surface area contributed by atoms with E-state index in [1.807, 2.05) is 24.6 Å². The molecule has 0 aliphatic carbocycles. The van der Waals surface area contributed by atoms with Crippen molar-refractivity contribution in [2.45, 2.75) is 109 Å². The zero-order valence-electron chi connectivity index (χ0n) is 25.1. The molecule has 6 atom stereocenters. The number of hydrogen-bond donors (Lipinski definition) is 2. The smallest absolute Gasteiger partial charge is 0.326 e. The lowest BCUT2D eigenvalue weighted by Crippen LogP contribution is -2.43. The van der Waals surface area contributed by atoms with Gasteiger partial charge in [0.05, 0.1) is 0 Å². The number of likely N-dealkylation sites (tertiary alicyclic amines) is 2. The van der Waals surface area contributed by atoms with Gasteiger partial charge in [0.25, 0.3) is 0 Å². The lowest BCUT2D eigenvalue weighted by molar-refractivity contribution is -0.149. The maximum Gasteiger partial charge on any atom is 0.326 e. The van der Waals surface area contributed by atoms with Crippen LogP contribution in [0.25, 0.3) is 0 Å². The normalized spacial score (nSPS) is 22.0.